The van der Waals surface area contributed by atoms with Gasteiger partial charge in [-0.3, -0.25) is 0 Å². The van der Waals surface area contributed by atoms with Crippen LogP contribution in [0, 0.1) is 12.7 Å². The van der Waals surface area contributed by atoms with E-state index in [-0.39, 0.29) is 11.6 Å². The van der Waals surface area contributed by atoms with Gasteiger partial charge in [-0.25, -0.2) is 18.2 Å². The number of nitrogens with one attached hydrogen (secondary N) is 2. The van der Waals surface area contributed by atoms with Crippen molar-refractivity contribution in [2.75, 3.05) is 12.4 Å². The summed E-state index contributed by atoms with van der Waals surface area (Å²) in [6.07, 6.45) is 2.83. The maximum atomic E-state index is 15.0. The number of hydrogen-bond acceptors (Lipinski definition) is 6. The van der Waals surface area contributed by atoms with Crippen molar-refractivity contribution in [3.05, 3.63) is 30.0 Å². The molecule has 1 aliphatic carbocycles. The molecule has 1 aromatic carbocycles. The molecule has 0 amide bonds. The molecule has 3 N–H and O–H groups in total. The van der Waals surface area contributed by atoms with Crippen LogP contribution in [0.3, 0.4) is 0 Å². The number of benzene rings is 1. The van der Waals surface area contributed by atoms with E-state index in [4.69, 9.17) is 4.74 Å². The van der Waals surface area contributed by atoms with Crippen LogP contribution in [0.15, 0.2) is 18.3 Å². The highest BCUT2D eigenvalue weighted by Crippen LogP contribution is 2.37. The number of aliphatic hydroxyl groups is 1. The first-order chi connectivity index (χ1) is 17.2. The lowest BCUT2D eigenvalue weighted by molar-refractivity contribution is -0.00198. The summed E-state index contributed by atoms with van der Waals surface area (Å²) in [5, 5.41) is 14.4. The number of methoxy groups -OCH3 is 1. The van der Waals surface area contributed by atoms with E-state index in [1.165, 1.54) is 17.7 Å². The van der Waals surface area contributed by atoms with E-state index in [2.05, 4.69) is 25.3 Å². The molecule has 11 heteroatoms. The van der Waals surface area contributed by atoms with E-state index >= 15 is 0 Å². The molecule has 4 aromatic rings. The van der Waals surface area contributed by atoms with E-state index in [1.807, 2.05) is 6.92 Å². The molecule has 3 aromatic heterocycles. The van der Waals surface area contributed by atoms with Crippen molar-refractivity contribution in [2.45, 2.75) is 70.6 Å². The second-order valence-electron chi connectivity index (χ2n) is 9.47. The van der Waals surface area contributed by atoms with Crippen molar-refractivity contribution in [2.24, 2.45) is 0 Å². The number of nitrogens with zero attached hydrogens (tertiary/aromatic N) is 4. The molecule has 1 saturated carbocycles. The summed E-state index contributed by atoms with van der Waals surface area (Å²) in [7, 11) is 1.50. The monoisotopic (exact) mass is 502 g/mol. The Morgan fingerprint density at radius 3 is 2.67 bits per heavy atom. The zero-order chi connectivity index (χ0) is 25.6. The first-order valence-corrected chi connectivity index (χ1v) is 12.1. The van der Waals surface area contributed by atoms with Crippen LogP contribution < -0.4 is 10.1 Å². The van der Waals surface area contributed by atoms with Gasteiger partial charge in [0.25, 0.3) is 6.43 Å². The van der Waals surface area contributed by atoms with Gasteiger partial charge in [0.1, 0.15) is 17.0 Å². The van der Waals surface area contributed by atoms with Gasteiger partial charge in [-0.05, 0) is 56.7 Å². The summed E-state index contributed by atoms with van der Waals surface area (Å²) < 4.78 is 48.2. The van der Waals surface area contributed by atoms with Crippen LogP contribution in [0.5, 0.6) is 5.88 Å². The molecule has 1 fully saturated rings. The highest BCUT2D eigenvalue weighted by Gasteiger charge is 2.32. The normalized spacial score (nSPS) is 20.5. The van der Waals surface area contributed by atoms with Gasteiger partial charge in [0, 0.05) is 17.8 Å². The van der Waals surface area contributed by atoms with Gasteiger partial charge >= 0.3 is 0 Å². The van der Waals surface area contributed by atoms with Crippen molar-refractivity contribution >= 4 is 28.0 Å². The number of fused-ring (bicyclic) bond motifs is 2. The maximum Gasteiger partial charge on any atom is 0.256 e. The van der Waals surface area contributed by atoms with Crippen molar-refractivity contribution in [3.63, 3.8) is 0 Å². The third-order valence-corrected chi connectivity index (χ3v) is 7.23. The molecule has 192 valence electrons. The van der Waals surface area contributed by atoms with E-state index in [1.54, 1.807) is 19.2 Å². The Morgan fingerprint density at radius 2 is 2.00 bits per heavy atom. The molecule has 0 spiro atoms. The van der Waals surface area contributed by atoms with Gasteiger partial charge in [-0.1, -0.05) is 6.92 Å². The number of hydrogen-bond donors (Lipinski definition) is 3. The maximum absolute atomic E-state index is 15.0. The lowest BCUT2D eigenvalue weighted by Gasteiger charge is -2.35. The summed E-state index contributed by atoms with van der Waals surface area (Å²) in [6, 6.07) is 3.10. The predicted molar refractivity (Wildman–Crippen MR) is 131 cm³/mol. The number of anilines is 1. The van der Waals surface area contributed by atoms with Crippen LogP contribution in [0.2, 0.25) is 0 Å². The number of rotatable bonds is 7. The standard InChI is InChI=1S/C25H29F3N6O2/c1-4-25(35)7-5-15(6-8-25)31-24-32-22-20(23(33-24)36-3)16(11-29-22)14-9-17(26)21-18(10-14)34(12-19(27)28)13(2)30-21/h9-11,15,19,35H,4-8,12H2,1-3H3,(H2,29,31,32,33)/t15-,25+. The van der Waals surface area contributed by atoms with Crippen molar-refractivity contribution in [3.8, 4) is 17.0 Å². The minimum atomic E-state index is -2.60. The van der Waals surface area contributed by atoms with Crippen LogP contribution in [0.1, 0.15) is 44.9 Å². The number of H-pyrrole nitrogens is 1. The molecular formula is C25H29F3N6O2. The highest BCUT2D eigenvalue weighted by molar-refractivity contribution is 5.99. The average molecular weight is 503 g/mol. The quantitative estimate of drug-likeness (QED) is 0.322. The summed E-state index contributed by atoms with van der Waals surface area (Å²) >= 11 is 0. The molecule has 0 atom stereocenters. The zero-order valence-corrected chi connectivity index (χ0v) is 20.4. The molecule has 0 radical (unpaired) electrons. The summed E-state index contributed by atoms with van der Waals surface area (Å²) in [5.74, 6) is 0.414. The second kappa shape index (κ2) is 9.27. The number of halogens is 3. The molecule has 3 heterocycles. The SMILES string of the molecule is CC[C@]1(O)CC[C@@H](Nc2nc(OC)c3c(-c4cc(F)c5nc(C)n(CC(F)F)c5c4)c[nH]c3n2)CC1. The topological polar surface area (TPSA) is 101 Å². The summed E-state index contributed by atoms with van der Waals surface area (Å²) in [4.78, 5) is 16.4. The molecule has 8 nitrogen and oxygen atoms in total. The first kappa shape index (κ1) is 24.4. The fraction of sp³-hybridized carbons (Fsp3) is 0.480. The molecule has 36 heavy (non-hydrogen) atoms. The third kappa shape index (κ3) is 4.36. The van der Waals surface area contributed by atoms with E-state index in [9.17, 15) is 18.3 Å². The molecule has 1 aliphatic rings. The van der Waals surface area contributed by atoms with E-state index < -0.39 is 24.4 Å². The second-order valence-corrected chi connectivity index (χ2v) is 9.47. The Labute approximate surface area is 205 Å². The Balaban J connectivity index is 1.51. The molecule has 0 saturated heterocycles. The van der Waals surface area contributed by atoms with E-state index in [0.29, 0.717) is 58.2 Å². The first-order valence-electron chi connectivity index (χ1n) is 12.1. The number of aryl methyl sites for hydroxylation is 1. The Morgan fingerprint density at radius 1 is 1.25 bits per heavy atom. The van der Waals surface area contributed by atoms with Crippen LogP contribution in [-0.4, -0.2) is 54.8 Å². The van der Waals surface area contributed by atoms with Gasteiger partial charge in [0.15, 0.2) is 5.82 Å². The zero-order valence-electron chi connectivity index (χ0n) is 20.4. The van der Waals surface area contributed by atoms with Crippen molar-refractivity contribution in [1.29, 1.82) is 0 Å². The minimum absolute atomic E-state index is 0.0499. The number of ether oxygens (including phenoxy) is 1. The molecule has 0 aliphatic heterocycles. The van der Waals surface area contributed by atoms with Gasteiger partial charge in [0.2, 0.25) is 11.8 Å². The summed E-state index contributed by atoms with van der Waals surface area (Å²) in [6.45, 7) is 3.00. The van der Waals surface area contributed by atoms with Gasteiger partial charge in [-0.2, -0.15) is 9.97 Å². The lowest BCUT2D eigenvalue weighted by Crippen LogP contribution is -2.38. The third-order valence-electron chi connectivity index (χ3n) is 7.23. The summed E-state index contributed by atoms with van der Waals surface area (Å²) in [5.41, 5.74) is 1.29. The number of aromatic amines is 1. The van der Waals surface area contributed by atoms with Crippen LogP contribution in [0.25, 0.3) is 33.2 Å². The largest absolute Gasteiger partial charge is 0.480 e. The average Bonchev–Trinajstić information content (AvgIpc) is 3.41. The minimum Gasteiger partial charge on any atom is -0.480 e. The fourth-order valence-electron chi connectivity index (χ4n) is 5.10. The highest BCUT2D eigenvalue weighted by atomic mass is 19.3. The van der Waals surface area contributed by atoms with Crippen molar-refractivity contribution in [1.82, 2.24) is 24.5 Å². The van der Waals surface area contributed by atoms with Gasteiger partial charge < -0.3 is 24.7 Å². The Hall–Kier alpha value is -3.34. The number of imidazole rings is 1. The molecule has 5 rings (SSSR count). The predicted octanol–water partition coefficient (Wildman–Crippen LogP) is 5.19. The Bertz CT molecular complexity index is 1410. The lowest BCUT2D eigenvalue weighted by atomic mass is 9.80. The van der Waals surface area contributed by atoms with Gasteiger partial charge in [-0.15, -0.1) is 0 Å². The van der Waals surface area contributed by atoms with Crippen LogP contribution in [0.4, 0.5) is 19.1 Å². The smallest absolute Gasteiger partial charge is 0.256 e. The Kier molecular flexibility index (Phi) is 6.27. The number of alkyl halides is 2. The van der Waals surface area contributed by atoms with Crippen LogP contribution in [-0.2, 0) is 6.54 Å². The molecule has 0 bridgehead atoms. The van der Waals surface area contributed by atoms with Crippen molar-refractivity contribution < 1.29 is 23.0 Å². The molecular weight excluding hydrogens is 473 g/mol. The number of aromatic nitrogens is 5. The fourth-order valence-corrected chi connectivity index (χ4v) is 5.10. The van der Waals surface area contributed by atoms with Crippen LogP contribution >= 0.6 is 0 Å². The molecule has 0 unspecified atom stereocenters. The van der Waals surface area contributed by atoms with Gasteiger partial charge in [0.05, 0.1) is 30.2 Å². The van der Waals surface area contributed by atoms with E-state index in [0.717, 1.165) is 19.3 Å².